The van der Waals surface area contributed by atoms with Crippen LogP contribution in [0.5, 0.6) is 0 Å². The molecule has 4 nitrogen and oxygen atoms in total. The summed E-state index contributed by atoms with van der Waals surface area (Å²) in [6, 6.07) is 18.7. The van der Waals surface area contributed by atoms with Crippen molar-refractivity contribution in [1.82, 2.24) is 9.80 Å². The minimum absolute atomic E-state index is 0.158. The molecule has 0 N–H and O–H groups in total. The Balaban J connectivity index is 1.92. The number of hydrogen-bond acceptors (Lipinski definition) is 3. The first-order valence-electron chi connectivity index (χ1n) is 9.26. The van der Waals surface area contributed by atoms with E-state index in [1.807, 2.05) is 44.2 Å². The van der Waals surface area contributed by atoms with E-state index in [1.54, 1.807) is 0 Å². The first-order valence-corrected chi connectivity index (χ1v) is 9.26. The van der Waals surface area contributed by atoms with Gasteiger partial charge in [0.2, 0.25) is 5.91 Å². The van der Waals surface area contributed by atoms with E-state index in [4.69, 9.17) is 0 Å². The van der Waals surface area contributed by atoms with Crippen LogP contribution >= 0.6 is 0 Å². The molecule has 140 valence electrons. The Kier molecular flexibility index (Phi) is 7.67. The van der Waals surface area contributed by atoms with E-state index in [0.29, 0.717) is 13.1 Å². The maximum Gasteiger partial charge on any atom is 0.236 e. The molecule has 0 spiro atoms. The fourth-order valence-electron chi connectivity index (χ4n) is 2.95. The van der Waals surface area contributed by atoms with Crippen LogP contribution in [0.1, 0.15) is 24.5 Å². The minimum atomic E-state index is 0.158. The number of anilines is 1. The second-order valence-electron chi connectivity index (χ2n) is 7.01. The molecule has 0 saturated carbocycles. The fourth-order valence-corrected chi connectivity index (χ4v) is 2.95. The average molecular weight is 354 g/mol. The van der Waals surface area contributed by atoms with Gasteiger partial charge in [-0.25, -0.2) is 0 Å². The zero-order chi connectivity index (χ0) is 18.9. The van der Waals surface area contributed by atoms with Gasteiger partial charge in [-0.3, -0.25) is 9.69 Å². The molecule has 2 aromatic carbocycles. The van der Waals surface area contributed by atoms with Gasteiger partial charge in [-0.2, -0.15) is 0 Å². The van der Waals surface area contributed by atoms with Crippen LogP contribution in [0.3, 0.4) is 0 Å². The maximum absolute atomic E-state index is 12.7. The summed E-state index contributed by atoms with van der Waals surface area (Å²) in [6.07, 6.45) is 1.04. The Labute approximate surface area is 158 Å². The first kappa shape index (κ1) is 20.0. The van der Waals surface area contributed by atoms with Gasteiger partial charge in [-0.05, 0) is 36.2 Å². The molecule has 0 saturated heterocycles. The summed E-state index contributed by atoms with van der Waals surface area (Å²) in [5.74, 6) is 0.158. The Morgan fingerprint density at radius 1 is 0.846 bits per heavy atom. The van der Waals surface area contributed by atoms with Gasteiger partial charge < -0.3 is 9.80 Å². The molecule has 1 amide bonds. The zero-order valence-corrected chi connectivity index (χ0v) is 16.5. The van der Waals surface area contributed by atoms with E-state index < -0.39 is 0 Å². The predicted octanol–water partition coefficient (Wildman–Crippen LogP) is 3.62. The second kappa shape index (κ2) is 9.97. The Morgan fingerprint density at radius 2 is 1.46 bits per heavy atom. The standard InChI is InChI=1S/C22H31N3O/c1-5-15-25(17-19-9-7-6-8-10-19)18-22(26)24(4)16-20-11-13-21(14-12-20)23(2)3/h6-14H,5,15-18H2,1-4H3. The van der Waals surface area contributed by atoms with E-state index in [9.17, 15) is 4.79 Å². The second-order valence-corrected chi connectivity index (χ2v) is 7.01. The quantitative estimate of drug-likeness (QED) is 0.689. The van der Waals surface area contributed by atoms with Crippen LogP contribution in [0.2, 0.25) is 0 Å². The third kappa shape index (κ3) is 6.19. The normalized spacial score (nSPS) is 10.8. The number of rotatable bonds is 9. The van der Waals surface area contributed by atoms with Gasteiger partial charge in [-0.1, -0.05) is 49.4 Å². The van der Waals surface area contributed by atoms with E-state index in [0.717, 1.165) is 25.1 Å². The van der Waals surface area contributed by atoms with Crippen molar-refractivity contribution in [3.63, 3.8) is 0 Å². The van der Waals surface area contributed by atoms with E-state index >= 15 is 0 Å². The van der Waals surface area contributed by atoms with Crippen LogP contribution in [-0.4, -0.2) is 49.9 Å². The summed E-state index contributed by atoms with van der Waals surface area (Å²) in [5, 5.41) is 0. The Hall–Kier alpha value is -2.33. The fraction of sp³-hybridized carbons (Fsp3) is 0.409. The summed E-state index contributed by atoms with van der Waals surface area (Å²) >= 11 is 0. The SMILES string of the molecule is CCCN(CC(=O)N(C)Cc1ccc(N(C)C)cc1)Cc1ccccc1. The summed E-state index contributed by atoms with van der Waals surface area (Å²) in [7, 11) is 5.94. The third-order valence-electron chi connectivity index (χ3n) is 4.45. The number of carbonyl (C=O) groups excluding carboxylic acids is 1. The Bertz CT molecular complexity index is 668. The molecule has 0 aliphatic carbocycles. The molecule has 0 bridgehead atoms. The first-order chi connectivity index (χ1) is 12.5. The van der Waals surface area contributed by atoms with Crippen molar-refractivity contribution in [1.29, 1.82) is 0 Å². The number of amides is 1. The molecular formula is C22H31N3O. The van der Waals surface area contributed by atoms with E-state index in [-0.39, 0.29) is 5.91 Å². The molecule has 0 aliphatic heterocycles. The lowest BCUT2D eigenvalue weighted by Crippen LogP contribution is -2.38. The molecule has 0 fully saturated rings. The van der Waals surface area contributed by atoms with Crippen molar-refractivity contribution in [2.24, 2.45) is 0 Å². The highest BCUT2D eigenvalue weighted by Gasteiger charge is 2.15. The lowest BCUT2D eigenvalue weighted by molar-refractivity contribution is -0.131. The van der Waals surface area contributed by atoms with Gasteiger partial charge in [0.25, 0.3) is 0 Å². The van der Waals surface area contributed by atoms with Gasteiger partial charge in [-0.15, -0.1) is 0 Å². The van der Waals surface area contributed by atoms with Crippen LogP contribution in [0.15, 0.2) is 54.6 Å². The van der Waals surface area contributed by atoms with Crippen molar-refractivity contribution in [2.45, 2.75) is 26.4 Å². The third-order valence-corrected chi connectivity index (χ3v) is 4.45. The zero-order valence-electron chi connectivity index (χ0n) is 16.5. The van der Waals surface area contributed by atoms with Gasteiger partial charge in [0.15, 0.2) is 0 Å². The molecule has 0 atom stereocenters. The lowest BCUT2D eigenvalue weighted by Gasteiger charge is -2.25. The van der Waals surface area contributed by atoms with Crippen molar-refractivity contribution < 1.29 is 4.79 Å². The summed E-state index contributed by atoms with van der Waals surface area (Å²) in [4.78, 5) is 18.8. The van der Waals surface area contributed by atoms with Gasteiger partial charge >= 0.3 is 0 Å². The van der Waals surface area contributed by atoms with Crippen molar-refractivity contribution in [3.05, 3.63) is 65.7 Å². The molecule has 2 aromatic rings. The molecule has 26 heavy (non-hydrogen) atoms. The van der Waals surface area contributed by atoms with Crippen molar-refractivity contribution >= 4 is 11.6 Å². The highest BCUT2D eigenvalue weighted by molar-refractivity contribution is 5.78. The number of likely N-dealkylation sites (N-methyl/N-ethyl adjacent to an activating group) is 1. The average Bonchev–Trinajstić information content (AvgIpc) is 2.63. The number of nitrogens with zero attached hydrogens (tertiary/aromatic N) is 3. The monoisotopic (exact) mass is 353 g/mol. The lowest BCUT2D eigenvalue weighted by atomic mass is 10.2. The van der Waals surface area contributed by atoms with Gasteiger partial charge in [0.1, 0.15) is 0 Å². The van der Waals surface area contributed by atoms with Crippen LogP contribution in [0, 0.1) is 0 Å². The summed E-state index contributed by atoms with van der Waals surface area (Å²) in [6.45, 7) is 4.98. The smallest absolute Gasteiger partial charge is 0.236 e. The van der Waals surface area contributed by atoms with Crippen LogP contribution in [0.25, 0.3) is 0 Å². The molecule has 0 heterocycles. The summed E-state index contributed by atoms with van der Waals surface area (Å²) < 4.78 is 0. The Morgan fingerprint density at radius 3 is 2.04 bits per heavy atom. The number of hydrogen-bond donors (Lipinski definition) is 0. The van der Waals surface area contributed by atoms with Crippen LogP contribution in [-0.2, 0) is 17.9 Å². The molecule has 4 heteroatoms. The van der Waals surface area contributed by atoms with Crippen molar-refractivity contribution in [2.75, 3.05) is 39.1 Å². The van der Waals surface area contributed by atoms with Crippen molar-refractivity contribution in [3.8, 4) is 0 Å². The maximum atomic E-state index is 12.7. The van der Waals surface area contributed by atoms with Crippen LogP contribution in [0.4, 0.5) is 5.69 Å². The topological polar surface area (TPSA) is 26.8 Å². The van der Waals surface area contributed by atoms with Crippen LogP contribution < -0.4 is 4.90 Å². The summed E-state index contributed by atoms with van der Waals surface area (Å²) in [5.41, 5.74) is 3.56. The molecule has 0 aliphatic rings. The molecular weight excluding hydrogens is 322 g/mol. The van der Waals surface area contributed by atoms with E-state index in [1.165, 1.54) is 11.3 Å². The van der Waals surface area contributed by atoms with E-state index in [2.05, 4.69) is 53.1 Å². The van der Waals surface area contributed by atoms with Gasteiger partial charge in [0.05, 0.1) is 6.54 Å². The number of carbonyl (C=O) groups is 1. The molecule has 0 aromatic heterocycles. The predicted molar refractivity (Wildman–Crippen MR) is 109 cm³/mol. The highest BCUT2D eigenvalue weighted by atomic mass is 16.2. The molecule has 0 unspecified atom stereocenters. The molecule has 2 rings (SSSR count). The number of benzene rings is 2. The highest BCUT2D eigenvalue weighted by Crippen LogP contribution is 2.14. The van der Waals surface area contributed by atoms with Gasteiger partial charge in [0, 0.05) is 39.9 Å². The molecule has 0 radical (unpaired) electrons. The minimum Gasteiger partial charge on any atom is -0.378 e. The largest absolute Gasteiger partial charge is 0.378 e.